The molecule has 66 valence electrons. The van der Waals surface area contributed by atoms with E-state index < -0.39 is 0 Å². The highest BCUT2D eigenvalue weighted by Gasteiger charge is 2.25. The van der Waals surface area contributed by atoms with E-state index in [1.165, 1.54) is 0 Å². The van der Waals surface area contributed by atoms with Crippen LogP contribution in [0, 0.1) is 18.3 Å². The lowest BCUT2D eigenvalue weighted by Crippen LogP contribution is -2.37. The van der Waals surface area contributed by atoms with Crippen molar-refractivity contribution >= 4 is 6.03 Å². The zero-order valence-electron chi connectivity index (χ0n) is 7.58. The predicted molar refractivity (Wildman–Crippen MR) is 47.6 cm³/mol. The summed E-state index contributed by atoms with van der Waals surface area (Å²) in [5.41, 5.74) is 0. The number of hydrogen-bond acceptors (Lipinski definition) is 1. The molecular formula is C9H14N2O. The van der Waals surface area contributed by atoms with E-state index in [1.807, 2.05) is 0 Å². The third-order valence-corrected chi connectivity index (χ3v) is 2.08. The number of terminal acetylenes is 1. The van der Waals surface area contributed by atoms with Crippen molar-refractivity contribution in [3.63, 3.8) is 0 Å². The molecule has 0 spiro atoms. The first-order valence-electron chi connectivity index (χ1n) is 4.07. The predicted octanol–water partition coefficient (Wildman–Crippen LogP) is 0.623. The maximum absolute atomic E-state index is 11.4. The molecule has 1 rings (SSSR count). The van der Waals surface area contributed by atoms with Crippen LogP contribution in [0.5, 0.6) is 0 Å². The van der Waals surface area contributed by atoms with Gasteiger partial charge in [0.1, 0.15) is 0 Å². The van der Waals surface area contributed by atoms with Crippen molar-refractivity contribution in [1.82, 2.24) is 9.80 Å². The van der Waals surface area contributed by atoms with Crippen LogP contribution in [0.3, 0.4) is 0 Å². The highest BCUT2D eigenvalue weighted by molar-refractivity contribution is 5.74. The second-order valence-corrected chi connectivity index (χ2v) is 3.28. The van der Waals surface area contributed by atoms with Crippen LogP contribution < -0.4 is 0 Å². The molecule has 3 heteroatoms. The summed E-state index contributed by atoms with van der Waals surface area (Å²) in [6.45, 7) is 1.51. The average Bonchev–Trinajstić information content (AvgIpc) is 2.50. The Morgan fingerprint density at radius 2 is 2.33 bits per heavy atom. The van der Waals surface area contributed by atoms with Gasteiger partial charge < -0.3 is 9.80 Å². The fourth-order valence-electron chi connectivity index (χ4n) is 1.35. The topological polar surface area (TPSA) is 23.6 Å². The largest absolute Gasteiger partial charge is 0.331 e. The Morgan fingerprint density at radius 3 is 2.75 bits per heavy atom. The Kier molecular flexibility index (Phi) is 2.59. The number of urea groups is 1. The van der Waals surface area contributed by atoms with Crippen molar-refractivity contribution in [2.75, 3.05) is 27.2 Å². The molecule has 1 heterocycles. The molecule has 1 aliphatic heterocycles. The zero-order valence-corrected chi connectivity index (χ0v) is 7.58. The first-order chi connectivity index (χ1) is 5.65. The Hall–Kier alpha value is -1.17. The monoisotopic (exact) mass is 166 g/mol. The van der Waals surface area contributed by atoms with Crippen LogP contribution in [0.1, 0.15) is 6.42 Å². The number of hydrogen-bond donors (Lipinski definition) is 0. The normalized spacial score (nSPS) is 22.1. The van der Waals surface area contributed by atoms with Gasteiger partial charge in [0.05, 0.1) is 0 Å². The maximum Gasteiger partial charge on any atom is 0.319 e. The minimum absolute atomic E-state index is 0.0627. The number of rotatable bonds is 0. The second-order valence-electron chi connectivity index (χ2n) is 3.28. The number of likely N-dealkylation sites (tertiary alicyclic amines) is 1. The highest BCUT2D eigenvalue weighted by Crippen LogP contribution is 2.15. The third-order valence-electron chi connectivity index (χ3n) is 2.08. The van der Waals surface area contributed by atoms with E-state index in [0.29, 0.717) is 6.54 Å². The standard InChI is InChI=1S/C9H14N2O/c1-4-8-5-6-11(7-8)9(12)10(2)3/h1,8H,5-7H2,2-3H3. The fourth-order valence-corrected chi connectivity index (χ4v) is 1.35. The first kappa shape index (κ1) is 8.92. The molecule has 0 bridgehead atoms. The van der Waals surface area contributed by atoms with E-state index >= 15 is 0 Å². The van der Waals surface area contributed by atoms with Gasteiger partial charge in [-0.15, -0.1) is 12.3 Å². The lowest BCUT2D eigenvalue weighted by molar-refractivity contribution is 0.181. The van der Waals surface area contributed by atoms with Crippen LogP contribution in [0.4, 0.5) is 4.79 Å². The van der Waals surface area contributed by atoms with Gasteiger partial charge in [-0.25, -0.2) is 4.79 Å². The van der Waals surface area contributed by atoms with Crippen LogP contribution in [-0.4, -0.2) is 43.0 Å². The minimum Gasteiger partial charge on any atom is -0.331 e. The molecule has 0 aromatic heterocycles. The van der Waals surface area contributed by atoms with Crippen LogP contribution in [0.2, 0.25) is 0 Å². The molecule has 0 aromatic rings. The summed E-state index contributed by atoms with van der Waals surface area (Å²) in [5, 5.41) is 0. The van der Waals surface area contributed by atoms with Gasteiger partial charge in [-0.3, -0.25) is 0 Å². The van der Waals surface area contributed by atoms with E-state index in [9.17, 15) is 4.79 Å². The Labute approximate surface area is 73.3 Å². The van der Waals surface area contributed by atoms with E-state index in [0.717, 1.165) is 13.0 Å². The molecule has 1 unspecified atom stereocenters. The van der Waals surface area contributed by atoms with Gasteiger partial charge in [0.25, 0.3) is 0 Å². The molecule has 2 amide bonds. The summed E-state index contributed by atoms with van der Waals surface area (Å²) < 4.78 is 0. The lowest BCUT2D eigenvalue weighted by Gasteiger charge is -2.20. The van der Waals surface area contributed by atoms with Crippen LogP contribution in [0.15, 0.2) is 0 Å². The van der Waals surface area contributed by atoms with Crippen molar-refractivity contribution in [3.8, 4) is 12.3 Å². The Morgan fingerprint density at radius 1 is 1.67 bits per heavy atom. The molecule has 0 saturated carbocycles. The molecule has 3 nitrogen and oxygen atoms in total. The van der Waals surface area contributed by atoms with E-state index in [1.54, 1.807) is 23.9 Å². The number of carbonyl (C=O) groups excluding carboxylic acids is 1. The van der Waals surface area contributed by atoms with Gasteiger partial charge in [-0.05, 0) is 6.42 Å². The molecule has 0 radical (unpaired) electrons. The zero-order chi connectivity index (χ0) is 9.14. The summed E-state index contributed by atoms with van der Waals surface area (Å²) in [6.07, 6.45) is 6.21. The number of nitrogens with zero attached hydrogens (tertiary/aromatic N) is 2. The molecule has 12 heavy (non-hydrogen) atoms. The van der Waals surface area contributed by atoms with Gasteiger partial charge in [0.2, 0.25) is 0 Å². The summed E-state index contributed by atoms with van der Waals surface area (Å²) in [4.78, 5) is 14.8. The number of carbonyl (C=O) groups is 1. The van der Waals surface area contributed by atoms with Crippen LogP contribution >= 0.6 is 0 Å². The Balaban J connectivity index is 2.48. The SMILES string of the molecule is C#CC1CCN(C(=O)N(C)C)C1. The summed E-state index contributed by atoms with van der Waals surface area (Å²) >= 11 is 0. The smallest absolute Gasteiger partial charge is 0.319 e. The molecule has 1 fully saturated rings. The van der Waals surface area contributed by atoms with Crippen molar-refractivity contribution in [2.24, 2.45) is 5.92 Å². The summed E-state index contributed by atoms with van der Waals surface area (Å²) in [5.74, 6) is 2.93. The molecule has 1 atom stereocenters. The first-order valence-corrected chi connectivity index (χ1v) is 4.07. The van der Waals surface area contributed by atoms with Crippen molar-refractivity contribution < 1.29 is 4.79 Å². The molecule has 1 saturated heterocycles. The van der Waals surface area contributed by atoms with Gasteiger partial charge in [-0.2, -0.15) is 0 Å². The third kappa shape index (κ3) is 1.70. The Bertz CT molecular complexity index is 217. The molecule has 0 aromatic carbocycles. The molecule has 0 aliphatic carbocycles. The van der Waals surface area contributed by atoms with Gasteiger partial charge in [0.15, 0.2) is 0 Å². The van der Waals surface area contributed by atoms with Gasteiger partial charge in [0, 0.05) is 33.1 Å². The van der Waals surface area contributed by atoms with Crippen molar-refractivity contribution in [1.29, 1.82) is 0 Å². The summed E-state index contributed by atoms with van der Waals surface area (Å²) in [7, 11) is 3.51. The van der Waals surface area contributed by atoms with Crippen molar-refractivity contribution in [2.45, 2.75) is 6.42 Å². The second kappa shape index (κ2) is 3.48. The van der Waals surface area contributed by atoms with E-state index in [-0.39, 0.29) is 11.9 Å². The van der Waals surface area contributed by atoms with Gasteiger partial charge >= 0.3 is 6.03 Å². The van der Waals surface area contributed by atoms with E-state index in [4.69, 9.17) is 6.42 Å². The highest BCUT2D eigenvalue weighted by atomic mass is 16.2. The van der Waals surface area contributed by atoms with Crippen molar-refractivity contribution in [3.05, 3.63) is 0 Å². The molecule has 1 aliphatic rings. The molecule has 0 N–H and O–H groups in total. The minimum atomic E-state index is 0.0627. The van der Waals surface area contributed by atoms with Crippen LogP contribution in [0.25, 0.3) is 0 Å². The fraction of sp³-hybridized carbons (Fsp3) is 0.667. The average molecular weight is 166 g/mol. The number of amides is 2. The van der Waals surface area contributed by atoms with E-state index in [2.05, 4.69) is 5.92 Å². The maximum atomic E-state index is 11.4. The quantitative estimate of drug-likeness (QED) is 0.484. The summed E-state index contributed by atoms with van der Waals surface area (Å²) in [6, 6.07) is 0.0627. The molecular weight excluding hydrogens is 152 g/mol. The van der Waals surface area contributed by atoms with Gasteiger partial charge in [-0.1, -0.05) is 0 Å². The van der Waals surface area contributed by atoms with Crippen LogP contribution in [-0.2, 0) is 0 Å². The lowest BCUT2D eigenvalue weighted by atomic mass is 10.1.